The second-order valence-electron chi connectivity index (χ2n) is 7.95. The average molecular weight is 476 g/mol. The Balaban J connectivity index is 1.46. The van der Waals surface area contributed by atoms with Crippen LogP contribution in [0.25, 0.3) is 0 Å². The van der Waals surface area contributed by atoms with Gasteiger partial charge >= 0.3 is 0 Å². The van der Waals surface area contributed by atoms with Gasteiger partial charge in [-0.25, -0.2) is 0 Å². The zero-order chi connectivity index (χ0) is 23.9. The Morgan fingerprint density at radius 2 is 1.68 bits per heavy atom. The fourth-order valence-electron chi connectivity index (χ4n) is 3.85. The lowest BCUT2D eigenvalue weighted by molar-refractivity contribution is -0.135. The van der Waals surface area contributed by atoms with Gasteiger partial charge in [-0.15, -0.1) is 0 Å². The number of carbonyl (C=O) groups is 3. The minimum absolute atomic E-state index is 0.117. The molecule has 0 bridgehead atoms. The topological polar surface area (TPSA) is 88.6 Å². The summed E-state index contributed by atoms with van der Waals surface area (Å²) in [6.45, 7) is 2.05. The molecule has 1 N–H and O–H groups in total. The SMILES string of the molecule is CC(=O)SC1CC(=O)N(Cc2ccc(Oc3ccccc3)cc2)C1C(=O)NCc1ccncc1. The third kappa shape index (κ3) is 6.02. The van der Waals surface area contributed by atoms with Crippen molar-refractivity contribution in [2.75, 3.05) is 0 Å². The number of nitrogens with zero attached hydrogens (tertiary/aromatic N) is 2. The highest BCUT2D eigenvalue weighted by Gasteiger charge is 2.45. The lowest BCUT2D eigenvalue weighted by atomic mass is 10.1. The Hall–Kier alpha value is -3.65. The van der Waals surface area contributed by atoms with Crippen LogP contribution in [0.15, 0.2) is 79.1 Å². The molecule has 0 saturated carbocycles. The zero-order valence-electron chi connectivity index (χ0n) is 18.7. The van der Waals surface area contributed by atoms with Crippen molar-refractivity contribution in [1.29, 1.82) is 0 Å². The van der Waals surface area contributed by atoms with Crippen LogP contribution in [-0.2, 0) is 27.5 Å². The largest absolute Gasteiger partial charge is 0.457 e. The fraction of sp³-hybridized carbons (Fsp3) is 0.231. The van der Waals surface area contributed by atoms with E-state index in [4.69, 9.17) is 4.74 Å². The third-order valence-corrected chi connectivity index (χ3v) is 6.50. The zero-order valence-corrected chi connectivity index (χ0v) is 19.5. The van der Waals surface area contributed by atoms with Crippen molar-refractivity contribution in [2.24, 2.45) is 0 Å². The number of ether oxygens (including phenoxy) is 1. The van der Waals surface area contributed by atoms with Crippen LogP contribution >= 0.6 is 11.8 Å². The van der Waals surface area contributed by atoms with E-state index >= 15 is 0 Å². The van der Waals surface area contributed by atoms with Crippen molar-refractivity contribution in [3.8, 4) is 11.5 Å². The molecule has 7 nitrogen and oxygen atoms in total. The highest BCUT2D eigenvalue weighted by Crippen LogP contribution is 2.32. The first-order valence-corrected chi connectivity index (χ1v) is 11.8. The smallest absolute Gasteiger partial charge is 0.244 e. The molecule has 1 fully saturated rings. The Bertz CT molecular complexity index is 1140. The summed E-state index contributed by atoms with van der Waals surface area (Å²) in [5, 5.41) is 2.37. The van der Waals surface area contributed by atoms with Gasteiger partial charge in [0.25, 0.3) is 0 Å². The van der Waals surface area contributed by atoms with Gasteiger partial charge in [0, 0.05) is 38.8 Å². The van der Waals surface area contributed by atoms with Crippen molar-refractivity contribution < 1.29 is 19.1 Å². The van der Waals surface area contributed by atoms with Gasteiger partial charge in [-0.1, -0.05) is 42.1 Å². The molecule has 2 aromatic carbocycles. The second-order valence-corrected chi connectivity index (χ2v) is 9.37. The number of hydrogen-bond acceptors (Lipinski definition) is 6. The summed E-state index contributed by atoms with van der Waals surface area (Å²) >= 11 is 1.05. The second kappa shape index (κ2) is 11.0. The van der Waals surface area contributed by atoms with Crippen molar-refractivity contribution in [3.63, 3.8) is 0 Å². The molecule has 2 amide bonds. The molecule has 0 spiro atoms. The van der Waals surface area contributed by atoms with Crippen LogP contribution in [0.4, 0.5) is 0 Å². The van der Waals surface area contributed by atoms with Crippen LogP contribution in [0.2, 0.25) is 0 Å². The summed E-state index contributed by atoms with van der Waals surface area (Å²) in [5.41, 5.74) is 1.78. The molecule has 34 heavy (non-hydrogen) atoms. The number of rotatable bonds is 8. The van der Waals surface area contributed by atoms with Crippen molar-refractivity contribution in [3.05, 3.63) is 90.3 Å². The summed E-state index contributed by atoms with van der Waals surface area (Å²) in [6, 6.07) is 19.8. The number of hydrogen-bond donors (Lipinski definition) is 1. The lowest BCUT2D eigenvalue weighted by Gasteiger charge is -2.27. The van der Waals surface area contributed by atoms with E-state index in [9.17, 15) is 14.4 Å². The number of carbonyl (C=O) groups excluding carboxylic acids is 3. The Morgan fingerprint density at radius 3 is 2.35 bits per heavy atom. The number of likely N-dealkylation sites (tertiary alicyclic amines) is 1. The summed E-state index contributed by atoms with van der Waals surface area (Å²) < 4.78 is 5.83. The first kappa shape index (κ1) is 23.5. The van der Waals surface area contributed by atoms with E-state index in [0.29, 0.717) is 12.3 Å². The standard InChI is InChI=1S/C26H25N3O4S/c1-18(30)34-23-15-24(31)29(25(23)26(32)28-16-19-11-13-27-14-12-19)17-20-7-9-22(10-8-20)33-21-5-3-2-4-6-21/h2-14,23,25H,15-17H2,1H3,(H,28,32). The van der Waals surface area contributed by atoms with Gasteiger partial charge in [-0.3, -0.25) is 19.4 Å². The molecule has 1 saturated heterocycles. The predicted octanol–water partition coefficient (Wildman–Crippen LogP) is 3.94. The van der Waals surface area contributed by atoms with Crippen LogP contribution in [0.3, 0.4) is 0 Å². The van der Waals surface area contributed by atoms with Crippen LogP contribution < -0.4 is 10.1 Å². The van der Waals surface area contributed by atoms with Crippen LogP contribution in [-0.4, -0.2) is 38.1 Å². The van der Waals surface area contributed by atoms with Crippen LogP contribution in [0.5, 0.6) is 11.5 Å². The Kier molecular flexibility index (Phi) is 7.59. The molecular formula is C26H25N3O4S. The van der Waals surface area contributed by atoms with E-state index in [1.807, 2.05) is 66.7 Å². The molecule has 2 unspecified atom stereocenters. The lowest BCUT2D eigenvalue weighted by Crippen LogP contribution is -2.47. The summed E-state index contributed by atoms with van der Waals surface area (Å²) in [4.78, 5) is 43.3. The van der Waals surface area contributed by atoms with Gasteiger partial charge in [0.15, 0.2) is 5.12 Å². The molecular weight excluding hydrogens is 450 g/mol. The van der Waals surface area contributed by atoms with Gasteiger partial charge in [0.1, 0.15) is 17.5 Å². The molecule has 1 aliphatic heterocycles. The van der Waals surface area contributed by atoms with E-state index in [1.165, 1.54) is 6.92 Å². The van der Waals surface area contributed by atoms with Gasteiger partial charge in [0.2, 0.25) is 11.8 Å². The fourth-order valence-corrected chi connectivity index (χ4v) is 4.90. The molecule has 0 aliphatic carbocycles. The van der Waals surface area contributed by atoms with E-state index in [0.717, 1.165) is 28.6 Å². The molecule has 0 radical (unpaired) electrons. The van der Waals surface area contributed by atoms with E-state index < -0.39 is 11.3 Å². The number of pyridine rings is 1. The molecule has 3 aromatic rings. The maximum atomic E-state index is 13.1. The number of para-hydroxylation sites is 1. The molecule has 4 rings (SSSR count). The Morgan fingerprint density at radius 1 is 1.00 bits per heavy atom. The minimum Gasteiger partial charge on any atom is -0.457 e. The number of aromatic nitrogens is 1. The minimum atomic E-state index is -0.733. The number of benzene rings is 2. The summed E-state index contributed by atoms with van der Waals surface area (Å²) in [5.74, 6) is 0.997. The van der Waals surface area contributed by atoms with Crippen LogP contribution in [0.1, 0.15) is 24.5 Å². The van der Waals surface area contributed by atoms with Crippen molar-refractivity contribution in [1.82, 2.24) is 15.2 Å². The van der Waals surface area contributed by atoms with E-state index in [-0.39, 0.29) is 29.9 Å². The quantitative estimate of drug-likeness (QED) is 0.531. The summed E-state index contributed by atoms with van der Waals surface area (Å²) in [7, 11) is 0. The normalized spacial score (nSPS) is 17.4. The van der Waals surface area contributed by atoms with Crippen molar-refractivity contribution >= 4 is 28.7 Å². The maximum absolute atomic E-state index is 13.1. The monoisotopic (exact) mass is 475 g/mol. The summed E-state index contributed by atoms with van der Waals surface area (Å²) in [6.07, 6.45) is 3.46. The van der Waals surface area contributed by atoms with Crippen LogP contribution in [0, 0.1) is 0 Å². The first-order chi connectivity index (χ1) is 16.5. The third-order valence-electron chi connectivity index (χ3n) is 5.44. The Labute approximate surface area is 202 Å². The maximum Gasteiger partial charge on any atom is 0.244 e. The van der Waals surface area contributed by atoms with Gasteiger partial charge in [-0.2, -0.15) is 0 Å². The molecule has 2 atom stereocenters. The van der Waals surface area contributed by atoms with Gasteiger partial charge in [-0.05, 0) is 47.5 Å². The number of nitrogens with one attached hydrogen (secondary N) is 1. The highest BCUT2D eigenvalue weighted by molar-refractivity contribution is 8.14. The van der Waals surface area contributed by atoms with Gasteiger partial charge in [0.05, 0.1) is 5.25 Å². The molecule has 2 heterocycles. The molecule has 174 valence electrons. The van der Waals surface area contributed by atoms with E-state index in [2.05, 4.69) is 10.3 Å². The highest BCUT2D eigenvalue weighted by atomic mass is 32.2. The van der Waals surface area contributed by atoms with Gasteiger partial charge < -0.3 is 15.0 Å². The first-order valence-electron chi connectivity index (χ1n) is 10.9. The van der Waals surface area contributed by atoms with Crippen molar-refractivity contribution in [2.45, 2.75) is 37.7 Å². The number of thioether (sulfide) groups is 1. The molecule has 1 aromatic heterocycles. The predicted molar refractivity (Wildman–Crippen MR) is 130 cm³/mol. The average Bonchev–Trinajstić information content (AvgIpc) is 3.13. The van der Waals surface area contributed by atoms with E-state index in [1.54, 1.807) is 17.3 Å². The molecule has 1 aliphatic rings. The number of amides is 2. The molecule has 8 heteroatoms.